The van der Waals surface area contributed by atoms with Gasteiger partial charge in [0.25, 0.3) is 0 Å². The summed E-state index contributed by atoms with van der Waals surface area (Å²) in [5, 5.41) is -0.444. The Kier molecular flexibility index (Phi) is 4.44. The van der Waals surface area contributed by atoms with Crippen molar-refractivity contribution >= 4 is 10.0 Å². The monoisotopic (exact) mass is 245 g/mol. The summed E-state index contributed by atoms with van der Waals surface area (Å²) in [5.74, 6) is -0.302. The largest absolute Gasteiger partial charge is 0.215 e. The topological polar surface area (TPSA) is 46.2 Å². The van der Waals surface area contributed by atoms with Crippen LogP contribution in [0.2, 0.25) is 0 Å². The quantitative estimate of drug-likeness (QED) is 0.858. The highest BCUT2D eigenvalue weighted by Crippen LogP contribution is 2.04. The minimum absolute atomic E-state index is 0.296. The number of hydrogen-bond acceptors (Lipinski definition) is 2. The average Bonchev–Trinajstić information content (AvgIpc) is 2.17. The summed E-state index contributed by atoms with van der Waals surface area (Å²) in [7, 11) is -3.22. The normalized spacial score (nSPS) is 12.0. The molecule has 0 heterocycles. The first-order valence-corrected chi connectivity index (χ1v) is 6.69. The molecule has 0 fully saturated rings. The lowest BCUT2D eigenvalue weighted by Crippen LogP contribution is -2.32. The number of hydrogen-bond donors (Lipinski definition) is 1. The fourth-order valence-electron chi connectivity index (χ4n) is 1.20. The number of halogens is 1. The highest BCUT2D eigenvalue weighted by molar-refractivity contribution is 7.90. The first-order valence-electron chi connectivity index (χ1n) is 5.15. The Balaban J connectivity index is 2.48. The molecule has 90 valence electrons. The number of benzene rings is 1. The number of rotatable bonds is 5. The second-order valence-electron chi connectivity index (χ2n) is 3.87. The summed E-state index contributed by atoms with van der Waals surface area (Å²) >= 11 is 0. The molecule has 0 amide bonds. The molecule has 16 heavy (non-hydrogen) atoms. The molecular weight excluding hydrogens is 229 g/mol. The smallest absolute Gasteiger partial charge is 0.213 e. The Morgan fingerprint density at radius 2 is 2.06 bits per heavy atom. The lowest BCUT2D eigenvalue weighted by atomic mass is 10.1. The van der Waals surface area contributed by atoms with Gasteiger partial charge in [-0.25, -0.2) is 17.5 Å². The van der Waals surface area contributed by atoms with Crippen molar-refractivity contribution < 1.29 is 12.8 Å². The standard InChI is InChI=1S/C11H16FNO2S/c1-9(2)16(14,15)13-7-6-10-4-3-5-11(12)8-10/h3-5,8-9,13H,6-7H2,1-2H3. The second-order valence-corrected chi connectivity index (χ2v) is 6.19. The van der Waals surface area contributed by atoms with Crippen LogP contribution in [0.4, 0.5) is 4.39 Å². The molecule has 0 atom stereocenters. The molecule has 0 aliphatic heterocycles. The summed E-state index contributed by atoms with van der Waals surface area (Å²) in [5.41, 5.74) is 0.784. The van der Waals surface area contributed by atoms with E-state index < -0.39 is 15.3 Å². The minimum Gasteiger partial charge on any atom is -0.215 e. The summed E-state index contributed by atoms with van der Waals surface area (Å²) in [6, 6.07) is 6.15. The zero-order valence-electron chi connectivity index (χ0n) is 9.40. The van der Waals surface area contributed by atoms with Crippen LogP contribution in [-0.4, -0.2) is 20.2 Å². The lowest BCUT2D eigenvalue weighted by Gasteiger charge is -2.09. The van der Waals surface area contributed by atoms with E-state index in [0.29, 0.717) is 13.0 Å². The van der Waals surface area contributed by atoms with Gasteiger partial charge >= 0.3 is 0 Å². The molecular formula is C11H16FNO2S. The van der Waals surface area contributed by atoms with Gasteiger partial charge in [0, 0.05) is 6.54 Å². The molecule has 1 rings (SSSR count). The zero-order valence-corrected chi connectivity index (χ0v) is 10.2. The van der Waals surface area contributed by atoms with Crippen LogP contribution in [0.25, 0.3) is 0 Å². The summed E-state index contributed by atoms with van der Waals surface area (Å²) < 4.78 is 38.1. The van der Waals surface area contributed by atoms with E-state index in [0.717, 1.165) is 5.56 Å². The molecule has 0 saturated carbocycles. The van der Waals surface area contributed by atoms with Crippen LogP contribution in [-0.2, 0) is 16.4 Å². The summed E-state index contributed by atoms with van der Waals surface area (Å²) in [4.78, 5) is 0. The van der Waals surface area contributed by atoms with Crippen LogP contribution in [0.3, 0.4) is 0 Å². The minimum atomic E-state index is -3.22. The second kappa shape index (κ2) is 5.41. The molecule has 0 aliphatic rings. The van der Waals surface area contributed by atoms with E-state index in [2.05, 4.69) is 4.72 Å². The molecule has 0 saturated heterocycles. The van der Waals surface area contributed by atoms with E-state index in [1.807, 2.05) is 0 Å². The van der Waals surface area contributed by atoms with Crippen LogP contribution in [0.5, 0.6) is 0 Å². The first kappa shape index (κ1) is 13.1. The van der Waals surface area contributed by atoms with Crippen molar-refractivity contribution in [1.29, 1.82) is 0 Å². The van der Waals surface area contributed by atoms with Crippen molar-refractivity contribution in [2.45, 2.75) is 25.5 Å². The SMILES string of the molecule is CC(C)S(=O)(=O)NCCc1cccc(F)c1. The van der Waals surface area contributed by atoms with Gasteiger partial charge in [-0.3, -0.25) is 0 Å². The van der Waals surface area contributed by atoms with Gasteiger partial charge in [-0.05, 0) is 38.0 Å². The average molecular weight is 245 g/mol. The van der Waals surface area contributed by atoms with E-state index >= 15 is 0 Å². The van der Waals surface area contributed by atoms with Gasteiger partial charge in [-0.2, -0.15) is 0 Å². The molecule has 1 aromatic carbocycles. The Bertz CT molecular complexity index is 443. The molecule has 0 radical (unpaired) electrons. The van der Waals surface area contributed by atoms with Crippen LogP contribution in [0.1, 0.15) is 19.4 Å². The molecule has 0 aromatic heterocycles. The van der Waals surface area contributed by atoms with Crippen molar-refractivity contribution in [2.24, 2.45) is 0 Å². The third-order valence-corrected chi connectivity index (χ3v) is 4.07. The van der Waals surface area contributed by atoms with E-state index in [9.17, 15) is 12.8 Å². The maximum Gasteiger partial charge on any atom is 0.213 e. The third-order valence-electron chi connectivity index (χ3n) is 2.23. The molecule has 0 spiro atoms. The van der Waals surface area contributed by atoms with Crippen LogP contribution >= 0.6 is 0 Å². The fourth-order valence-corrected chi connectivity index (χ4v) is 1.92. The highest BCUT2D eigenvalue weighted by atomic mass is 32.2. The fraction of sp³-hybridized carbons (Fsp3) is 0.455. The van der Waals surface area contributed by atoms with E-state index in [-0.39, 0.29) is 5.82 Å². The van der Waals surface area contributed by atoms with Crippen LogP contribution in [0, 0.1) is 5.82 Å². The molecule has 3 nitrogen and oxygen atoms in total. The molecule has 1 N–H and O–H groups in total. The molecule has 1 aromatic rings. The lowest BCUT2D eigenvalue weighted by molar-refractivity contribution is 0.572. The Hall–Kier alpha value is -0.940. The van der Waals surface area contributed by atoms with E-state index in [1.54, 1.807) is 26.0 Å². The van der Waals surface area contributed by atoms with Crippen molar-refractivity contribution in [3.63, 3.8) is 0 Å². The predicted molar refractivity (Wildman–Crippen MR) is 62.2 cm³/mol. The third kappa shape index (κ3) is 3.90. The molecule has 5 heteroatoms. The Morgan fingerprint density at radius 3 is 2.62 bits per heavy atom. The van der Waals surface area contributed by atoms with Crippen molar-refractivity contribution in [3.05, 3.63) is 35.6 Å². The van der Waals surface area contributed by atoms with Crippen molar-refractivity contribution in [1.82, 2.24) is 4.72 Å². The predicted octanol–water partition coefficient (Wildman–Crippen LogP) is 1.70. The molecule has 0 unspecified atom stereocenters. The van der Waals surface area contributed by atoms with E-state index in [4.69, 9.17) is 0 Å². The number of nitrogens with one attached hydrogen (secondary N) is 1. The van der Waals surface area contributed by atoms with Gasteiger partial charge in [0.05, 0.1) is 5.25 Å². The van der Waals surface area contributed by atoms with Crippen LogP contribution in [0.15, 0.2) is 24.3 Å². The van der Waals surface area contributed by atoms with Gasteiger partial charge in [0.2, 0.25) is 10.0 Å². The summed E-state index contributed by atoms with van der Waals surface area (Å²) in [6.45, 7) is 3.53. The Labute approximate surface area is 95.7 Å². The summed E-state index contributed by atoms with van der Waals surface area (Å²) in [6.07, 6.45) is 0.490. The Morgan fingerprint density at radius 1 is 1.38 bits per heavy atom. The van der Waals surface area contributed by atoms with Gasteiger partial charge < -0.3 is 0 Å². The van der Waals surface area contributed by atoms with E-state index in [1.165, 1.54) is 12.1 Å². The number of sulfonamides is 1. The highest BCUT2D eigenvalue weighted by Gasteiger charge is 2.14. The van der Waals surface area contributed by atoms with Gasteiger partial charge in [-0.1, -0.05) is 12.1 Å². The van der Waals surface area contributed by atoms with Crippen LogP contribution < -0.4 is 4.72 Å². The van der Waals surface area contributed by atoms with Gasteiger partial charge in [-0.15, -0.1) is 0 Å². The molecule has 0 bridgehead atoms. The zero-order chi connectivity index (χ0) is 12.2. The van der Waals surface area contributed by atoms with Gasteiger partial charge in [0.1, 0.15) is 5.82 Å². The molecule has 0 aliphatic carbocycles. The maximum absolute atomic E-state index is 12.8. The van der Waals surface area contributed by atoms with Gasteiger partial charge in [0.15, 0.2) is 0 Å². The first-order chi connectivity index (χ1) is 7.42. The maximum atomic E-state index is 12.8. The van der Waals surface area contributed by atoms with Crippen molar-refractivity contribution in [2.75, 3.05) is 6.54 Å². The van der Waals surface area contributed by atoms with Crippen molar-refractivity contribution in [3.8, 4) is 0 Å².